The Labute approximate surface area is 92.1 Å². The van der Waals surface area contributed by atoms with Crippen molar-refractivity contribution in [3.8, 4) is 0 Å². The Bertz CT molecular complexity index is 154. The highest BCUT2D eigenvalue weighted by Gasteiger charge is 2.26. The van der Waals surface area contributed by atoms with Crippen molar-refractivity contribution in [2.24, 2.45) is 5.92 Å². The van der Waals surface area contributed by atoms with Crippen LogP contribution in [0, 0.1) is 5.92 Å². The van der Waals surface area contributed by atoms with E-state index in [1.807, 2.05) is 11.8 Å². The van der Waals surface area contributed by atoms with Crippen LogP contribution in [0.4, 0.5) is 0 Å². The van der Waals surface area contributed by atoms with E-state index < -0.39 is 0 Å². The third-order valence-corrected chi connectivity index (χ3v) is 3.91. The van der Waals surface area contributed by atoms with E-state index in [0.29, 0.717) is 18.6 Å². The van der Waals surface area contributed by atoms with Gasteiger partial charge in [-0.25, -0.2) is 0 Å². The smallest absolute Gasteiger partial charge is 0.0589 e. The fourth-order valence-corrected chi connectivity index (χ4v) is 2.74. The largest absolute Gasteiger partial charge is 0.395 e. The highest BCUT2D eigenvalue weighted by atomic mass is 32.2. The molecular weight excluding hydrogens is 194 g/mol. The van der Waals surface area contributed by atoms with Crippen molar-refractivity contribution in [1.29, 1.82) is 0 Å². The van der Waals surface area contributed by atoms with Crippen LogP contribution < -0.4 is 0 Å². The van der Waals surface area contributed by atoms with Crippen LogP contribution in [0.5, 0.6) is 0 Å². The fraction of sp³-hybridized carbons (Fsp3) is 1.00. The van der Waals surface area contributed by atoms with Gasteiger partial charge in [-0.15, -0.1) is 0 Å². The van der Waals surface area contributed by atoms with Gasteiger partial charge in [0, 0.05) is 6.04 Å². The van der Waals surface area contributed by atoms with Crippen molar-refractivity contribution < 1.29 is 5.11 Å². The first kappa shape index (κ1) is 12.3. The molecule has 3 heteroatoms. The van der Waals surface area contributed by atoms with Crippen LogP contribution in [0.25, 0.3) is 0 Å². The lowest BCUT2D eigenvalue weighted by atomic mass is 9.91. The Morgan fingerprint density at radius 2 is 2.29 bits per heavy atom. The molecule has 0 aliphatic carbocycles. The Kier molecular flexibility index (Phi) is 5.90. The number of nitrogens with zero attached hydrogens (tertiary/aromatic N) is 1. The lowest BCUT2D eigenvalue weighted by Crippen LogP contribution is -2.46. The van der Waals surface area contributed by atoms with Crippen LogP contribution in [-0.4, -0.2) is 47.8 Å². The van der Waals surface area contributed by atoms with Crippen molar-refractivity contribution in [3.63, 3.8) is 0 Å². The third-order valence-electron chi connectivity index (χ3n) is 3.21. The van der Waals surface area contributed by atoms with Crippen LogP contribution in [0.3, 0.4) is 0 Å². The number of piperidine rings is 1. The number of hydrogen-bond acceptors (Lipinski definition) is 3. The number of likely N-dealkylation sites (tertiary alicyclic amines) is 1. The van der Waals surface area contributed by atoms with Crippen molar-refractivity contribution in [2.75, 3.05) is 31.7 Å². The minimum absolute atomic E-state index is 0.334. The van der Waals surface area contributed by atoms with E-state index in [-0.39, 0.29) is 0 Å². The first-order valence-electron chi connectivity index (χ1n) is 5.63. The maximum atomic E-state index is 9.34. The predicted molar refractivity (Wildman–Crippen MR) is 63.8 cm³/mol. The van der Waals surface area contributed by atoms with Gasteiger partial charge in [0.2, 0.25) is 0 Å². The average Bonchev–Trinajstić information content (AvgIpc) is 2.18. The number of aliphatic hydroxyl groups is 1. The molecule has 1 heterocycles. The van der Waals surface area contributed by atoms with Gasteiger partial charge in [0.25, 0.3) is 0 Å². The summed E-state index contributed by atoms with van der Waals surface area (Å²) in [6.07, 6.45) is 5.99. The minimum Gasteiger partial charge on any atom is -0.395 e. The first-order chi connectivity index (χ1) is 6.79. The molecule has 1 saturated heterocycles. The van der Waals surface area contributed by atoms with E-state index in [1.165, 1.54) is 31.6 Å². The van der Waals surface area contributed by atoms with Crippen molar-refractivity contribution in [3.05, 3.63) is 0 Å². The molecule has 0 aromatic rings. The van der Waals surface area contributed by atoms with Crippen molar-refractivity contribution in [1.82, 2.24) is 4.90 Å². The third kappa shape index (κ3) is 3.44. The Morgan fingerprint density at radius 1 is 1.50 bits per heavy atom. The number of thioether (sulfide) groups is 1. The van der Waals surface area contributed by atoms with E-state index in [2.05, 4.69) is 18.1 Å². The predicted octanol–water partition coefficient (Wildman–Crippen LogP) is 1.83. The molecule has 0 aromatic heterocycles. The second-order valence-electron chi connectivity index (χ2n) is 4.25. The number of rotatable bonds is 5. The van der Waals surface area contributed by atoms with Crippen LogP contribution in [0.1, 0.15) is 26.2 Å². The number of hydrogen-bond donors (Lipinski definition) is 1. The standard InChI is InChI=1S/C11H23NOS/c1-10-5-3-6-12(11(10)9-13)7-4-8-14-2/h10-11,13H,3-9H2,1-2H3. The Morgan fingerprint density at radius 3 is 2.93 bits per heavy atom. The molecule has 84 valence electrons. The van der Waals surface area contributed by atoms with Crippen LogP contribution in [-0.2, 0) is 0 Å². The summed E-state index contributed by atoms with van der Waals surface area (Å²) >= 11 is 1.91. The van der Waals surface area contributed by atoms with Gasteiger partial charge < -0.3 is 5.11 Å². The molecule has 1 fully saturated rings. The first-order valence-corrected chi connectivity index (χ1v) is 7.02. The molecule has 2 unspecified atom stereocenters. The molecular formula is C11H23NOS. The summed E-state index contributed by atoms with van der Waals surface area (Å²) in [5.41, 5.74) is 0. The molecule has 0 amide bonds. The van der Waals surface area contributed by atoms with Crippen LogP contribution in [0.2, 0.25) is 0 Å². The van der Waals surface area contributed by atoms with Crippen molar-refractivity contribution >= 4 is 11.8 Å². The summed E-state index contributed by atoms with van der Waals surface area (Å²) in [7, 11) is 0. The topological polar surface area (TPSA) is 23.5 Å². The van der Waals surface area contributed by atoms with Gasteiger partial charge in [-0.3, -0.25) is 4.90 Å². The molecule has 0 aromatic carbocycles. The van der Waals surface area contributed by atoms with Gasteiger partial charge >= 0.3 is 0 Å². The molecule has 1 aliphatic heterocycles. The molecule has 0 spiro atoms. The van der Waals surface area contributed by atoms with Gasteiger partial charge in [0.1, 0.15) is 0 Å². The Hall–Kier alpha value is 0.270. The quantitative estimate of drug-likeness (QED) is 0.711. The van der Waals surface area contributed by atoms with Gasteiger partial charge in [0.05, 0.1) is 6.61 Å². The second-order valence-corrected chi connectivity index (χ2v) is 5.24. The summed E-state index contributed by atoms with van der Waals surface area (Å²) in [5, 5.41) is 9.34. The van der Waals surface area contributed by atoms with Gasteiger partial charge in [0.15, 0.2) is 0 Å². The maximum absolute atomic E-state index is 9.34. The van der Waals surface area contributed by atoms with Gasteiger partial charge in [-0.05, 0) is 50.3 Å². The van der Waals surface area contributed by atoms with Crippen LogP contribution >= 0.6 is 11.8 Å². The molecule has 2 atom stereocenters. The van der Waals surface area contributed by atoms with Crippen LogP contribution in [0.15, 0.2) is 0 Å². The molecule has 0 saturated carbocycles. The fourth-order valence-electron chi connectivity index (χ4n) is 2.32. The second kappa shape index (κ2) is 6.70. The maximum Gasteiger partial charge on any atom is 0.0589 e. The molecule has 14 heavy (non-hydrogen) atoms. The van der Waals surface area contributed by atoms with E-state index >= 15 is 0 Å². The Balaban J connectivity index is 2.32. The number of aliphatic hydroxyl groups excluding tert-OH is 1. The molecule has 2 nitrogen and oxygen atoms in total. The highest BCUT2D eigenvalue weighted by Crippen LogP contribution is 2.23. The zero-order chi connectivity index (χ0) is 10.4. The molecule has 0 radical (unpaired) electrons. The average molecular weight is 217 g/mol. The molecule has 1 aliphatic rings. The summed E-state index contributed by atoms with van der Waals surface area (Å²) in [4.78, 5) is 2.48. The monoisotopic (exact) mass is 217 g/mol. The molecule has 0 bridgehead atoms. The summed E-state index contributed by atoms with van der Waals surface area (Å²) in [5.74, 6) is 1.91. The van der Waals surface area contributed by atoms with E-state index in [4.69, 9.17) is 0 Å². The van der Waals surface area contributed by atoms with E-state index in [1.54, 1.807) is 0 Å². The molecule has 1 rings (SSSR count). The zero-order valence-electron chi connectivity index (χ0n) is 9.41. The lowest BCUT2D eigenvalue weighted by Gasteiger charge is -2.39. The highest BCUT2D eigenvalue weighted by molar-refractivity contribution is 7.98. The summed E-state index contributed by atoms with van der Waals surface area (Å²) in [6.45, 7) is 4.95. The van der Waals surface area contributed by atoms with Gasteiger partial charge in [-0.2, -0.15) is 11.8 Å². The van der Waals surface area contributed by atoms with E-state index in [9.17, 15) is 5.11 Å². The minimum atomic E-state index is 0.334. The SMILES string of the molecule is CSCCCN1CCCC(C)C1CO. The zero-order valence-corrected chi connectivity index (χ0v) is 10.2. The molecule has 1 N–H and O–H groups in total. The normalized spacial score (nSPS) is 29.4. The van der Waals surface area contributed by atoms with Gasteiger partial charge in [-0.1, -0.05) is 6.92 Å². The lowest BCUT2D eigenvalue weighted by molar-refractivity contribution is 0.0534. The van der Waals surface area contributed by atoms with E-state index in [0.717, 1.165) is 6.54 Å². The van der Waals surface area contributed by atoms with Crippen molar-refractivity contribution in [2.45, 2.75) is 32.2 Å². The summed E-state index contributed by atoms with van der Waals surface area (Å²) in [6, 6.07) is 0.422. The summed E-state index contributed by atoms with van der Waals surface area (Å²) < 4.78 is 0.